The first-order valence-corrected chi connectivity index (χ1v) is 11.6. The molecule has 8 heteroatoms. The van der Waals surface area contributed by atoms with E-state index in [0.717, 1.165) is 47.1 Å². The number of fused-ring (bicyclic) bond motifs is 3. The van der Waals surface area contributed by atoms with E-state index < -0.39 is 0 Å². The van der Waals surface area contributed by atoms with E-state index in [-0.39, 0.29) is 17.5 Å². The normalized spacial score (nSPS) is 15.0. The van der Waals surface area contributed by atoms with Crippen LogP contribution in [0.25, 0.3) is 33.1 Å². The molecule has 0 N–H and O–H groups in total. The SMILES string of the molecule is CN(C)CCOc1ccc(-c2cc3c(cc2F)ncc2c3n(C3CCOCC3)c(=O)n2C)cc1. The van der Waals surface area contributed by atoms with Crippen molar-refractivity contribution < 1.29 is 13.9 Å². The average molecular weight is 465 g/mol. The number of nitrogens with zero attached hydrogens (tertiary/aromatic N) is 4. The van der Waals surface area contributed by atoms with E-state index in [2.05, 4.69) is 9.88 Å². The Morgan fingerprint density at radius 1 is 1.18 bits per heavy atom. The first-order valence-electron chi connectivity index (χ1n) is 11.6. The Morgan fingerprint density at radius 3 is 2.62 bits per heavy atom. The molecule has 1 aliphatic heterocycles. The molecule has 1 saturated heterocycles. The molecule has 5 rings (SSSR count). The van der Waals surface area contributed by atoms with Gasteiger partial charge in [-0.2, -0.15) is 0 Å². The summed E-state index contributed by atoms with van der Waals surface area (Å²) < 4.78 is 29.9. The number of rotatable bonds is 6. The lowest BCUT2D eigenvalue weighted by Gasteiger charge is -2.23. The van der Waals surface area contributed by atoms with E-state index in [0.29, 0.717) is 30.9 Å². The lowest BCUT2D eigenvalue weighted by atomic mass is 10.0. The van der Waals surface area contributed by atoms with Crippen LogP contribution in [0.3, 0.4) is 0 Å². The summed E-state index contributed by atoms with van der Waals surface area (Å²) in [6.07, 6.45) is 3.20. The second-order valence-electron chi connectivity index (χ2n) is 9.07. The molecule has 7 nitrogen and oxygen atoms in total. The fourth-order valence-electron chi connectivity index (χ4n) is 4.63. The Balaban J connectivity index is 1.60. The lowest BCUT2D eigenvalue weighted by molar-refractivity contribution is 0.0697. The topological polar surface area (TPSA) is 61.5 Å². The molecule has 2 aromatic carbocycles. The minimum atomic E-state index is -0.350. The van der Waals surface area contributed by atoms with Crippen molar-refractivity contribution in [2.75, 3.05) is 40.5 Å². The molecule has 0 atom stereocenters. The van der Waals surface area contributed by atoms with Gasteiger partial charge in [-0.05, 0) is 50.7 Å². The molecule has 2 aromatic heterocycles. The maximum Gasteiger partial charge on any atom is 0.329 e. The van der Waals surface area contributed by atoms with Crippen molar-refractivity contribution in [3.05, 3.63) is 58.9 Å². The fraction of sp³-hybridized carbons (Fsp3) is 0.385. The zero-order valence-corrected chi connectivity index (χ0v) is 19.8. The zero-order valence-electron chi connectivity index (χ0n) is 19.8. The predicted octanol–water partition coefficient (Wildman–Crippen LogP) is 3.99. The van der Waals surface area contributed by atoms with Gasteiger partial charge in [-0.1, -0.05) is 12.1 Å². The van der Waals surface area contributed by atoms with Gasteiger partial charge in [0, 0.05) is 49.9 Å². The standard InChI is InChI=1S/C26H29FN4O3/c1-29(2)10-13-34-19-6-4-17(5-7-19)20-14-21-23(15-22(20)27)28-16-24-25(21)31(26(32)30(24)3)18-8-11-33-12-9-18/h4-7,14-16,18H,8-13H2,1-3H3. The molecule has 3 heterocycles. The van der Waals surface area contributed by atoms with Crippen LogP contribution in [0, 0.1) is 5.82 Å². The van der Waals surface area contributed by atoms with E-state index >= 15 is 4.39 Å². The fourth-order valence-corrected chi connectivity index (χ4v) is 4.63. The molecule has 0 aliphatic carbocycles. The van der Waals surface area contributed by atoms with Crippen LogP contribution in [0.4, 0.5) is 4.39 Å². The third-order valence-corrected chi connectivity index (χ3v) is 6.53. The van der Waals surface area contributed by atoms with Crippen LogP contribution >= 0.6 is 0 Å². The van der Waals surface area contributed by atoms with Crippen molar-refractivity contribution in [3.8, 4) is 16.9 Å². The van der Waals surface area contributed by atoms with E-state index in [1.807, 2.05) is 49.0 Å². The van der Waals surface area contributed by atoms with Gasteiger partial charge in [0.1, 0.15) is 18.2 Å². The van der Waals surface area contributed by atoms with Gasteiger partial charge in [0.25, 0.3) is 0 Å². The number of likely N-dealkylation sites (N-methyl/N-ethyl adjacent to an activating group) is 1. The van der Waals surface area contributed by atoms with Gasteiger partial charge in [0.05, 0.1) is 22.7 Å². The van der Waals surface area contributed by atoms with Crippen LogP contribution < -0.4 is 10.4 Å². The van der Waals surface area contributed by atoms with Crippen molar-refractivity contribution >= 4 is 21.9 Å². The highest BCUT2D eigenvalue weighted by Crippen LogP contribution is 2.33. The number of imidazole rings is 1. The molecule has 0 unspecified atom stereocenters. The van der Waals surface area contributed by atoms with Crippen molar-refractivity contribution in [2.24, 2.45) is 7.05 Å². The Labute approximate surface area is 197 Å². The lowest BCUT2D eigenvalue weighted by Crippen LogP contribution is -2.29. The minimum absolute atomic E-state index is 0.0441. The highest BCUT2D eigenvalue weighted by Gasteiger charge is 2.24. The Bertz CT molecular complexity index is 1390. The number of halogens is 1. The predicted molar refractivity (Wildman–Crippen MR) is 131 cm³/mol. The number of ether oxygens (including phenoxy) is 2. The van der Waals surface area contributed by atoms with Crippen molar-refractivity contribution in [1.82, 2.24) is 19.0 Å². The van der Waals surface area contributed by atoms with Gasteiger partial charge < -0.3 is 14.4 Å². The second-order valence-corrected chi connectivity index (χ2v) is 9.07. The van der Waals surface area contributed by atoms with E-state index in [4.69, 9.17) is 9.47 Å². The van der Waals surface area contributed by atoms with Gasteiger partial charge in [0.2, 0.25) is 0 Å². The van der Waals surface area contributed by atoms with Gasteiger partial charge in [-0.3, -0.25) is 14.1 Å². The molecule has 0 spiro atoms. The van der Waals surface area contributed by atoms with Crippen LogP contribution in [0.15, 0.2) is 47.4 Å². The molecule has 178 valence electrons. The third-order valence-electron chi connectivity index (χ3n) is 6.53. The number of hydrogen-bond acceptors (Lipinski definition) is 5. The summed E-state index contributed by atoms with van der Waals surface area (Å²) in [5.74, 6) is 0.392. The minimum Gasteiger partial charge on any atom is -0.492 e. The summed E-state index contributed by atoms with van der Waals surface area (Å²) >= 11 is 0. The maximum atomic E-state index is 15.2. The van der Waals surface area contributed by atoms with Crippen LogP contribution in [-0.2, 0) is 11.8 Å². The monoisotopic (exact) mass is 464 g/mol. The quantitative estimate of drug-likeness (QED) is 0.432. The van der Waals surface area contributed by atoms with Gasteiger partial charge in [0.15, 0.2) is 0 Å². The van der Waals surface area contributed by atoms with E-state index in [1.54, 1.807) is 17.8 Å². The van der Waals surface area contributed by atoms with Gasteiger partial charge in [-0.25, -0.2) is 9.18 Å². The molecular formula is C26H29FN4O3. The van der Waals surface area contributed by atoms with Crippen molar-refractivity contribution in [2.45, 2.75) is 18.9 Å². The highest BCUT2D eigenvalue weighted by atomic mass is 19.1. The molecule has 4 aromatic rings. The number of aryl methyl sites for hydroxylation is 1. The van der Waals surface area contributed by atoms with Gasteiger partial charge >= 0.3 is 5.69 Å². The molecule has 0 amide bonds. The second kappa shape index (κ2) is 9.19. The third kappa shape index (κ3) is 4.08. The average Bonchev–Trinajstić information content (AvgIpc) is 3.10. The Morgan fingerprint density at radius 2 is 1.91 bits per heavy atom. The van der Waals surface area contributed by atoms with E-state index in [1.165, 1.54) is 6.07 Å². The van der Waals surface area contributed by atoms with Crippen molar-refractivity contribution in [1.29, 1.82) is 0 Å². The number of benzene rings is 2. The number of pyridine rings is 1. The van der Waals surface area contributed by atoms with E-state index in [9.17, 15) is 4.79 Å². The summed E-state index contributed by atoms with van der Waals surface area (Å²) in [7, 11) is 5.75. The molecule has 1 fully saturated rings. The molecule has 1 aliphatic rings. The molecule has 0 radical (unpaired) electrons. The molecule has 0 bridgehead atoms. The molecular weight excluding hydrogens is 435 g/mol. The number of aromatic nitrogens is 3. The Hall–Kier alpha value is -3.23. The summed E-state index contributed by atoms with van der Waals surface area (Å²) in [6.45, 7) is 2.65. The van der Waals surface area contributed by atoms with Crippen LogP contribution in [0.2, 0.25) is 0 Å². The number of hydrogen-bond donors (Lipinski definition) is 0. The maximum absolute atomic E-state index is 15.2. The zero-order chi connectivity index (χ0) is 23.8. The van der Waals surface area contributed by atoms with Crippen molar-refractivity contribution in [3.63, 3.8) is 0 Å². The first kappa shape index (κ1) is 22.6. The largest absolute Gasteiger partial charge is 0.492 e. The van der Waals surface area contributed by atoms with Crippen LogP contribution in [0.1, 0.15) is 18.9 Å². The Kier molecular flexibility index (Phi) is 6.10. The summed E-state index contributed by atoms with van der Waals surface area (Å²) in [4.78, 5) is 19.7. The highest BCUT2D eigenvalue weighted by molar-refractivity contribution is 6.04. The molecule has 34 heavy (non-hydrogen) atoms. The smallest absolute Gasteiger partial charge is 0.329 e. The molecule has 0 saturated carbocycles. The summed E-state index contributed by atoms with van der Waals surface area (Å²) in [6, 6.07) is 10.7. The van der Waals surface area contributed by atoms with Gasteiger partial charge in [-0.15, -0.1) is 0 Å². The summed E-state index contributed by atoms with van der Waals surface area (Å²) in [5, 5.41) is 0.768. The van der Waals surface area contributed by atoms with Crippen LogP contribution in [-0.4, -0.2) is 59.5 Å². The summed E-state index contributed by atoms with van der Waals surface area (Å²) in [5.41, 5.74) is 3.20. The first-order chi connectivity index (χ1) is 16.4. The van der Waals surface area contributed by atoms with Crippen LogP contribution in [0.5, 0.6) is 5.75 Å².